The second-order valence-corrected chi connectivity index (χ2v) is 7.63. The van der Waals surface area contributed by atoms with E-state index in [0.29, 0.717) is 39.9 Å². The summed E-state index contributed by atoms with van der Waals surface area (Å²) in [6, 6.07) is 11.6. The van der Waals surface area contributed by atoms with Crippen molar-refractivity contribution in [1.82, 2.24) is 9.88 Å². The van der Waals surface area contributed by atoms with Crippen molar-refractivity contribution >= 4 is 45.0 Å². The van der Waals surface area contributed by atoms with Crippen LogP contribution in [0.3, 0.4) is 0 Å². The number of aromatic nitrogens is 1. The van der Waals surface area contributed by atoms with Crippen molar-refractivity contribution in [2.24, 2.45) is 0 Å². The molecule has 1 aromatic heterocycles. The molecule has 9 heteroatoms. The number of fused-ring (bicyclic) bond motifs is 1. The molecular weight excluding hydrogens is 441 g/mol. The van der Waals surface area contributed by atoms with Gasteiger partial charge in [-0.3, -0.25) is 9.69 Å². The molecule has 168 valence electrons. The standard InChI is InChI=1S/C22H26FN3O3S.ClH/c1-4-25(5-2)12-13-26(22-24-17-11-10-16(23)14-20(17)30-22)21(27)15-29-19-9-7-6-8-18(19)28-3;/h6-11,14H,4-5,12-13,15H2,1-3H3;1H. The SMILES string of the molecule is CCN(CC)CCN(C(=O)COc1ccccc1OC)c1nc2ccc(F)cc2s1.Cl. The number of hydrogen-bond acceptors (Lipinski definition) is 6. The van der Waals surface area contributed by atoms with Crippen LogP contribution in [-0.4, -0.2) is 55.7 Å². The van der Waals surface area contributed by atoms with E-state index in [0.717, 1.165) is 13.1 Å². The number of carbonyl (C=O) groups excluding carboxylic acids is 1. The molecule has 1 heterocycles. The molecular formula is C22H27ClFN3O3S. The maximum atomic E-state index is 13.6. The molecule has 0 saturated heterocycles. The lowest BCUT2D eigenvalue weighted by molar-refractivity contribution is -0.120. The molecule has 0 saturated carbocycles. The molecule has 0 fully saturated rings. The molecule has 0 unspecified atom stereocenters. The minimum absolute atomic E-state index is 0. The maximum absolute atomic E-state index is 13.6. The third-order valence-electron chi connectivity index (χ3n) is 4.83. The Bertz CT molecular complexity index is 997. The van der Waals surface area contributed by atoms with Gasteiger partial charge in [-0.25, -0.2) is 9.37 Å². The molecule has 3 rings (SSSR count). The van der Waals surface area contributed by atoms with Crippen LogP contribution in [0.1, 0.15) is 13.8 Å². The van der Waals surface area contributed by atoms with Gasteiger partial charge in [0.15, 0.2) is 23.2 Å². The van der Waals surface area contributed by atoms with Gasteiger partial charge in [-0.05, 0) is 43.4 Å². The van der Waals surface area contributed by atoms with Crippen LogP contribution in [0, 0.1) is 5.82 Å². The third-order valence-corrected chi connectivity index (χ3v) is 5.87. The summed E-state index contributed by atoms with van der Waals surface area (Å²) in [6.07, 6.45) is 0. The number of rotatable bonds is 10. The monoisotopic (exact) mass is 467 g/mol. The van der Waals surface area contributed by atoms with E-state index in [-0.39, 0.29) is 30.7 Å². The molecule has 6 nitrogen and oxygen atoms in total. The van der Waals surface area contributed by atoms with Crippen molar-refractivity contribution in [3.05, 3.63) is 48.3 Å². The number of likely N-dealkylation sites (N-methyl/N-ethyl adjacent to an activating group) is 1. The highest BCUT2D eigenvalue weighted by Gasteiger charge is 2.21. The molecule has 0 N–H and O–H groups in total. The zero-order valence-corrected chi connectivity index (χ0v) is 19.5. The van der Waals surface area contributed by atoms with Crippen molar-refractivity contribution in [3.63, 3.8) is 0 Å². The molecule has 0 bridgehead atoms. The quantitative estimate of drug-likeness (QED) is 0.435. The van der Waals surface area contributed by atoms with E-state index >= 15 is 0 Å². The Morgan fingerprint density at radius 1 is 1.10 bits per heavy atom. The average molecular weight is 468 g/mol. The van der Waals surface area contributed by atoms with Crippen molar-refractivity contribution in [2.45, 2.75) is 13.8 Å². The number of benzene rings is 2. The first-order valence-corrected chi connectivity index (χ1v) is 10.7. The van der Waals surface area contributed by atoms with Gasteiger partial charge in [0.25, 0.3) is 5.91 Å². The van der Waals surface area contributed by atoms with E-state index in [4.69, 9.17) is 9.47 Å². The summed E-state index contributed by atoms with van der Waals surface area (Å²) in [5, 5.41) is 0.538. The van der Waals surface area contributed by atoms with Gasteiger partial charge < -0.3 is 14.4 Å². The number of thiazole rings is 1. The van der Waals surface area contributed by atoms with Crippen molar-refractivity contribution in [1.29, 1.82) is 0 Å². The second-order valence-electron chi connectivity index (χ2n) is 6.62. The number of nitrogens with zero attached hydrogens (tertiary/aromatic N) is 3. The summed E-state index contributed by atoms with van der Waals surface area (Å²) in [7, 11) is 1.56. The lowest BCUT2D eigenvalue weighted by Gasteiger charge is -2.24. The first kappa shape index (κ1) is 24.8. The second kappa shape index (κ2) is 11.8. The van der Waals surface area contributed by atoms with Crippen LogP contribution in [-0.2, 0) is 4.79 Å². The van der Waals surface area contributed by atoms with Gasteiger partial charge in [-0.1, -0.05) is 37.3 Å². The van der Waals surface area contributed by atoms with E-state index in [9.17, 15) is 9.18 Å². The van der Waals surface area contributed by atoms with Crippen LogP contribution in [0.5, 0.6) is 11.5 Å². The minimum Gasteiger partial charge on any atom is -0.493 e. The molecule has 0 radical (unpaired) electrons. The highest BCUT2D eigenvalue weighted by Crippen LogP contribution is 2.30. The molecule has 1 amide bonds. The minimum atomic E-state index is -0.321. The normalized spacial score (nSPS) is 10.7. The fourth-order valence-corrected chi connectivity index (χ4v) is 4.10. The number of carbonyl (C=O) groups is 1. The average Bonchev–Trinajstić information content (AvgIpc) is 3.18. The van der Waals surface area contributed by atoms with Crippen LogP contribution < -0.4 is 14.4 Å². The van der Waals surface area contributed by atoms with Crippen molar-refractivity contribution < 1.29 is 18.7 Å². The summed E-state index contributed by atoms with van der Waals surface area (Å²) < 4.78 is 25.3. The highest BCUT2D eigenvalue weighted by atomic mass is 35.5. The first-order chi connectivity index (χ1) is 14.5. The summed E-state index contributed by atoms with van der Waals surface area (Å²) in [5.41, 5.74) is 0.669. The Morgan fingerprint density at radius 3 is 2.48 bits per heavy atom. The number of anilines is 1. The summed E-state index contributed by atoms with van der Waals surface area (Å²) in [4.78, 5) is 21.5. The Morgan fingerprint density at radius 2 is 1.81 bits per heavy atom. The van der Waals surface area contributed by atoms with Crippen molar-refractivity contribution in [3.8, 4) is 11.5 Å². The van der Waals surface area contributed by atoms with Crippen LogP contribution in [0.15, 0.2) is 42.5 Å². The molecule has 0 aliphatic rings. The van der Waals surface area contributed by atoms with E-state index < -0.39 is 0 Å². The number of amides is 1. The Kier molecular flexibility index (Phi) is 9.48. The summed E-state index contributed by atoms with van der Waals surface area (Å²) >= 11 is 1.30. The van der Waals surface area contributed by atoms with Gasteiger partial charge in [0.1, 0.15) is 5.82 Å². The Labute approximate surface area is 192 Å². The van der Waals surface area contributed by atoms with Gasteiger partial charge >= 0.3 is 0 Å². The lowest BCUT2D eigenvalue weighted by atomic mass is 10.3. The fourth-order valence-electron chi connectivity index (χ4n) is 3.07. The van der Waals surface area contributed by atoms with Crippen LogP contribution in [0.25, 0.3) is 10.2 Å². The van der Waals surface area contributed by atoms with Gasteiger partial charge in [0.05, 0.1) is 17.3 Å². The number of hydrogen-bond donors (Lipinski definition) is 0. The van der Waals surface area contributed by atoms with Crippen molar-refractivity contribution in [2.75, 3.05) is 44.8 Å². The predicted octanol–water partition coefficient (Wildman–Crippen LogP) is 4.62. The molecule has 31 heavy (non-hydrogen) atoms. The zero-order valence-electron chi connectivity index (χ0n) is 17.8. The van der Waals surface area contributed by atoms with E-state index in [1.165, 1.54) is 23.5 Å². The molecule has 0 spiro atoms. The Hall–Kier alpha value is -2.42. The van der Waals surface area contributed by atoms with Crippen LogP contribution in [0.2, 0.25) is 0 Å². The first-order valence-electron chi connectivity index (χ1n) is 9.90. The van der Waals surface area contributed by atoms with Gasteiger partial charge in [0, 0.05) is 13.1 Å². The smallest absolute Gasteiger partial charge is 0.266 e. The summed E-state index contributed by atoms with van der Waals surface area (Å²) in [6.45, 7) is 6.98. The van der Waals surface area contributed by atoms with E-state index in [1.54, 1.807) is 30.2 Å². The lowest BCUT2D eigenvalue weighted by Crippen LogP contribution is -2.41. The molecule has 2 aromatic carbocycles. The molecule has 0 aliphatic carbocycles. The van der Waals surface area contributed by atoms with Crippen LogP contribution in [0.4, 0.5) is 9.52 Å². The maximum Gasteiger partial charge on any atom is 0.266 e. The molecule has 0 aliphatic heterocycles. The molecule has 0 atom stereocenters. The number of para-hydroxylation sites is 2. The topological polar surface area (TPSA) is 54.9 Å². The highest BCUT2D eigenvalue weighted by molar-refractivity contribution is 7.22. The van der Waals surface area contributed by atoms with E-state index in [1.807, 2.05) is 12.1 Å². The number of halogens is 2. The third kappa shape index (κ3) is 6.29. The van der Waals surface area contributed by atoms with Crippen LogP contribution >= 0.6 is 23.7 Å². The van der Waals surface area contributed by atoms with Gasteiger partial charge in [-0.15, -0.1) is 12.4 Å². The Balaban J connectivity index is 0.00000341. The van der Waals surface area contributed by atoms with E-state index in [2.05, 4.69) is 23.7 Å². The molecule has 3 aromatic rings. The largest absolute Gasteiger partial charge is 0.493 e. The van der Waals surface area contributed by atoms with Gasteiger partial charge in [0.2, 0.25) is 0 Å². The number of ether oxygens (including phenoxy) is 2. The van der Waals surface area contributed by atoms with Gasteiger partial charge in [-0.2, -0.15) is 0 Å². The predicted molar refractivity (Wildman–Crippen MR) is 125 cm³/mol. The zero-order chi connectivity index (χ0) is 21.5. The fraction of sp³-hybridized carbons (Fsp3) is 0.364. The number of methoxy groups -OCH3 is 1. The summed E-state index contributed by atoms with van der Waals surface area (Å²) in [5.74, 6) is 0.532.